The fourth-order valence-corrected chi connectivity index (χ4v) is 3.71. The molecule has 3 rings (SSSR count). The zero-order valence-corrected chi connectivity index (χ0v) is 13.5. The molecular weight excluding hydrogens is 363 g/mol. The lowest BCUT2D eigenvalue weighted by Crippen LogP contribution is -2.29. The van der Waals surface area contributed by atoms with E-state index in [0.717, 1.165) is 22.9 Å². The minimum atomic E-state index is -4.62. The van der Waals surface area contributed by atoms with Crippen LogP contribution in [0, 0.1) is 0 Å². The van der Waals surface area contributed by atoms with E-state index in [1.165, 1.54) is 11.3 Å². The Kier molecular flexibility index (Phi) is 4.20. The van der Waals surface area contributed by atoms with Crippen molar-refractivity contribution in [2.24, 2.45) is 0 Å². The van der Waals surface area contributed by atoms with Crippen LogP contribution in [0.5, 0.6) is 0 Å². The maximum atomic E-state index is 12.7. The molecule has 0 saturated carbocycles. The number of para-hydroxylation sites is 1. The summed E-state index contributed by atoms with van der Waals surface area (Å²) in [5.74, 6) is 0. The minimum Gasteiger partial charge on any atom is -0.283 e. The first-order valence-corrected chi connectivity index (χ1v) is 8.86. The summed E-state index contributed by atoms with van der Waals surface area (Å²) in [6.45, 7) is 0. The molecule has 3 aromatic rings. The molecule has 0 fully saturated rings. The van der Waals surface area contributed by atoms with Crippen molar-refractivity contribution in [2.75, 3.05) is 5.43 Å². The molecule has 24 heavy (non-hydrogen) atoms. The van der Waals surface area contributed by atoms with Gasteiger partial charge in [-0.15, -0.1) is 4.83 Å². The highest BCUT2D eigenvalue weighted by Crippen LogP contribution is 2.30. The van der Waals surface area contributed by atoms with Crippen LogP contribution < -0.4 is 10.3 Å². The van der Waals surface area contributed by atoms with Gasteiger partial charge in [-0.05, 0) is 30.3 Å². The van der Waals surface area contributed by atoms with Crippen molar-refractivity contribution in [1.82, 2.24) is 9.82 Å². The number of benzene rings is 2. The molecule has 0 radical (unpaired) electrons. The second-order valence-electron chi connectivity index (χ2n) is 4.74. The molecule has 1 heterocycles. The Bertz CT molecular complexity index is 951. The molecular formula is C14H10F3N3O2S2. The summed E-state index contributed by atoms with van der Waals surface area (Å²) in [4.78, 5) is 5.71. The lowest BCUT2D eigenvalue weighted by molar-refractivity contribution is -0.137. The predicted octanol–water partition coefficient (Wildman–Crippen LogP) is 3.62. The topological polar surface area (TPSA) is 71.1 Å². The maximum absolute atomic E-state index is 12.7. The van der Waals surface area contributed by atoms with Crippen LogP contribution >= 0.6 is 11.3 Å². The smallest absolute Gasteiger partial charge is 0.283 e. The summed E-state index contributed by atoms with van der Waals surface area (Å²) in [7, 11) is -4.17. The van der Waals surface area contributed by atoms with Gasteiger partial charge in [-0.25, -0.2) is 13.4 Å². The highest BCUT2D eigenvalue weighted by molar-refractivity contribution is 7.89. The van der Waals surface area contributed by atoms with Crippen molar-refractivity contribution in [1.29, 1.82) is 0 Å². The van der Waals surface area contributed by atoms with Crippen molar-refractivity contribution in [2.45, 2.75) is 11.1 Å². The molecule has 0 aliphatic carbocycles. The third kappa shape index (κ3) is 3.50. The van der Waals surface area contributed by atoms with Crippen molar-refractivity contribution < 1.29 is 21.6 Å². The quantitative estimate of drug-likeness (QED) is 0.686. The number of hydrogen-bond donors (Lipinski definition) is 2. The van der Waals surface area contributed by atoms with Gasteiger partial charge >= 0.3 is 6.18 Å². The van der Waals surface area contributed by atoms with Crippen LogP contribution in [0.1, 0.15) is 5.56 Å². The summed E-state index contributed by atoms with van der Waals surface area (Å²) in [5, 5.41) is 0.284. The summed E-state index contributed by atoms with van der Waals surface area (Å²) < 4.78 is 63.2. The van der Waals surface area contributed by atoms with Gasteiger partial charge in [-0.3, -0.25) is 5.43 Å². The molecule has 2 aromatic carbocycles. The number of alkyl halides is 3. The van der Waals surface area contributed by atoms with Crippen LogP contribution in [-0.4, -0.2) is 13.4 Å². The molecule has 10 heteroatoms. The van der Waals surface area contributed by atoms with E-state index in [4.69, 9.17) is 0 Å². The number of halogens is 3. The molecule has 0 atom stereocenters. The third-order valence-electron chi connectivity index (χ3n) is 3.06. The minimum absolute atomic E-state index is 0.284. The number of nitrogens with zero attached hydrogens (tertiary/aromatic N) is 1. The Morgan fingerprint density at radius 1 is 1.04 bits per heavy atom. The first kappa shape index (κ1) is 16.7. The summed E-state index contributed by atoms with van der Waals surface area (Å²) in [6.07, 6.45) is -4.62. The Hall–Kier alpha value is -2.17. The fraction of sp³-hybridized carbons (Fsp3) is 0.0714. The van der Waals surface area contributed by atoms with Gasteiger partial charge in [0.15, 0.2) is 5.13 Å². The number of aromatic nitrogens is 1. The molecule has 126 valence electrons. The highest BCUT2D eigenvalue weighted by atomic mass is 32.2. The lowest BCUT2D eigenvalue weighted by Gasteiger charge is -2.10. The molecule has 1 aromatic heterocycles. The molecule has 0 spiro atoms. The Morgan fingerprint density at radius 3 is 2.50 bits per heavy atom. The van der Waals surface area contributed by atoms with E-state index in [-0.39, 0.29) is 5.13 Å². The van der Waals surface area contributed by atoms with Crippen LogP contribution in [0.4, 0.5) is 18.3 Å². The third-order valence-corrected chi connectivity index (χ3v) is 5.26. The molecule has 0 aliphatic rings. The molecule has 0 bridgehead atoms. The van der Waals surface area contributed by atoms with Crippen LogP contribution in [0.25, 0.3) is 10.2 Å². The van der Waals surface area contributed by atoms with E-state index in [2.05, 4.69) is 10.4 Å². The number of anilines is 1. The van der Waals surface area contributed by atoms with Gasteiger partial charge in [0, 0.05) is 0 Å². The molecule has 0 unspecified atom stereocenters. The van der Waals surface area contributed by atoms with E-state index in [1.54, 1.807) is 12.1 Å². The maximum Gasteiger partial charge on any atom is 0.416 e. The number of nitrogens with one attached hydrogen (secondary N) is 2. The van der Waals surface area contributed by atoms with Gasteiger partial charge < -0.3 is 0 Å². The zero-order chi connectivity index (χ0) is 17.4. The molecule has 0 saturated heterocycles. The summed E-state index contributed by atoms with van der Waals surface area (Å²) >= 11 is 1.21. The van der Waals surface area contributed by atoms with E-state index in [0.29, 0.717) is 11.6 Å². The Morgan fingerprint density at radius 2 is 1.79 bits per heavy atom. The SMILES string of the molecule is O=S(=O)(NNc1nc2ccccc2s1)c1cccc(C(F)(F)F)c1. The van der Waals surface area contributed by atoms with E-state index in [9.17, 15) is 21.6 Å². The number of sulfonamides is 1. The van der Waals surface area contributed by atoms with Crippen molar-refractivity contribution in [3.63, 3.8) is 0 Å². The zero-order valence-electron chi connectivity index (χ0n) is 11.8. The first-order valence-electron chi connectivity index (χ1n) is 6.56. The van der Waals surface area contributed by atoms with Gasteiger partial charge in [0.1, 0.15) is 0 Å². The molecule has 2 N–H and O–H groups in total. The normalized spacial score (nSPS) is 12.5. The van der Waals surface area contributed by atoms with E-state index < -0.39 is 26.7 Å². The average Bonchev–Trinajstić information content (AvgIpc) is 2.95. The van der Waals surface area contributed by atoms with Crippen LogP contribution in [-0.2, 0) is 16.2 Å². The largest absolute Gasteiger partial charge is 0.416 e. The van der Waals surface area contributed by atoms with Gasteiger partial charge in [0.05, 0.1) is 20.7 Å². The van der Waals surface area contributed by atoms with Crippen molar-refractivity contribution in [3.8, 4) is 0 Å². The number of hydrogen-bond acceptors (Lipinski definition) is 5. The van der Waals surface area contributed by atoms with Crippen LogP contribution in [0.15, 0.2) is 53.4 Å². The first-order chi connectivity index (χ1) is 11.3. The van der Waals surface area contributed by atoms with E-state index >= 15 is 0 Å². The number of thiazole rings is 1. The predicted molar refractivity (Wildman–Crippen MR) is 85.0 cm³/mol. The fourth-order valence-electron chi connectivity index (χ4n) is 1.94. The summed E-state index contributed by atoms with van der Waals surface area (Å²) in [6, 6.07) is 10.7. The second kappa shape index (κ2) is 6.04. The monoisotopic (exact) mass is 373 g/mol. The van der Waals surface area contributed by atoms with Crippen LogP contribution in [0.2, 0.25) is 0 Å². The van der Waals surface area contributed by atoms with Gasteiger partial charge in [-0.2, -0.15) is 13.2 Å². The van der Waals surface area contributed by atoms with Gasteiger partial charge in [0.25, 0.3) is 10.0 Å². The highest BCUT2D eigenvalue weighted by Gasteiger charge is 2.31. The number of fused-ring (bicyclic) bond motifs is 1. The summed E-state index contributed by atoms with van der Waals surface area (Å²) in [5.41, 5.74) is 2.07. The molecule has 0 amide bonds. The second-order valence-corrected chi connectivity index (χ2v) is 7.46. The lowest BCUT2D eigenvalue weighted by atomic mass is 10.2. The molecule has 0 aliphatic heterocycles. The number of hydrazine groups is 1. The van der Waals surface area contributed by atoms with E-state index in [1.807, 2.05) is 17.0 Å². The Balaban J connectivity index is 1.81. The van der Waals surface area contributed by atoms with Crippen LogP contribution in [0.3, 0.4) is 0 Å². The average molecular weight is 373 g/mol. The molecule has 5 nitrogen and oxygen atoms in total. The van der Waals surface area contributed by atoms with Gasteiger partial charge in [0.2, 0.25) is 0 Å². The number of rotatable bonds is 4. The van der Waals surface area contributed by atoms with Crippen molar-refractivity contribution in [3.05, 3.63) is 54.1 Å². The van der Waals surface area contributed by atoms with Gasteiger partial charge in [-0.1, -0.05) is 29.5 Å². The van der Waals surface area contributed by atoms with Crippen molar-refractivity contribution >= 4 is 36.7 Å². The standard InChI is InChI=1S/C14H10F3N3O2S2/c15-14(16,17)9-4-3-5-10(8-9)24(21,22)20-19-13-18-11-6-1-2-7-12(11)23-13/h1-8,20H,(H,18,19). The Labute approximate surface area is 139 Å².